The van der Waals surface area contributed by atoms with Crippen molar-refractivity contribution in [3.63, 3.8) is 0 Å². The summed E-state index contributed by atoms with van der Waals surface area (Å²) in [6.07, 6.45) is 2.37. The van der Waals surface area contributed by atoms with Crippen molar-refractivity contribution in [1.29, 1.82) is 0 Å². The fourth-order valence-electron chi connectivity index (χ4n) is 7.86. The average molecular weight is 1000 g/mol. The number of nitrogens with two attached hydrogens (primary N) is 2. The second-order valence-electron chi connectivity index (χ2n) is 17.7. The first kappa shape index (κ1) is 57.0. The molecule has 0 aliphatic carbocycles. The summed E-state index contributed by atoms with van der Waals surface area (Å²) in [7, 11) is 0. The molecule has 1 aliphatic rings. The van der Waals surface area contributed by atoms with E-state index in [1.54, 1.807) is 31.2 Å². The summed E-state index contributed by atoms with van der Waals surface area (Å²) in [4.78, 5) is 120. The molecule has 0 unspecified atom stereocenters. The summed E-state index contributed by atoms with van der Waals surface area (Å²) in [5.41, 5.74) is 10.7. The van der Waals surface area contributed by atoms with Crippen LogP contribution in [0.4, 0.5) is 0 Å². The fraction of sp³-hybridized carbons (Fsp3) is 0.500. The van der Waals surface area contributed by atoms with E-state index in [9.17, 15) is 43.2 Å². The number of carbonyl (C=O) groups excluding carboxylic acids is 9. The third-order valence-electron chi connectivity index (χ3n) is 11.8. The molecule has 0 aromatic heterocycles. The van der Waals surface area contributed by atoms with E-state index in [1.165, 1.54) is 25.6 Å². The molecule has 71 heavy (non-hydrogen) atoms. The van der Waals surface area contributed by atoms with Gasteiger partial charge in [-0.3, -0.25) is 38.4 Å². The zero-order chi connectivity index (χ0) is 51.9. The molecule has 11 N–H and O–H groups in total. The standard InChI is InChI=1S/C50H69N9O11S/c1-31(30-71-4)44(63)55-40(26-34-13-16-38(17-14-34)70-24-20-51)47(66)56-41(27-35-12-15-36-9-5-6-10-37(36)25-35)48(67)59-50(18-22-69-23-19-50)49(68)58-39(11-7-8-21-53-33(3)61)45(64)57-42(28-43(52)62)46(65)54-32(2)29-60/h5-6,9-10,12-17,25,29,31-32,39-42H,7-8,11,18-24,26-28,30,51H2,1-4H3,(H2,52,62)(H,53,61)(H,54,65)(H,55,63)(H,56,66)(H,57,64)(H,58,68)(H,59,67)/t31-,32+,39+,40+,41+,42+/m1/s1. The van der Waals surface area contributed by atoms with E-state index in [0.29, 0.717) is 54.9 Å². The Morgan fingerprint density at radius 3 is 2.00 bits per heavy atom. The molecule has 1 aliphatic heterocycles. The Bertz CT molecular complexity index is 2310. The molecule has 8 amide bonds. The van der Waals surface area contributed by atoms with Gasteiger partial charge in [0.1, 0.15) is 48.3 Å². The number of hydrogen-bond donors (Lipinski definition) is 9. The van der Waals surface area contributed by atoms with Crippen LogP contribution in [0.25, 0.3) is 10.8 Å². The van der Waals surface area contributed by atoms with Crippen LogP contribution in [0.5, 0.6) is 5.75 Å². The number of fused-ring (bicyclic) bond motifs is 1. The highest BCUT2D eigenvalue weighted by atomic mass is 32.2. The second-order valence-corrected chi connectivity index (χ2v) is 18.6. The molecule has 3 aromatic carbocycles. The van der Waals surface area contributed by atoms with E-state index in [-0.39, 0.29) is 63.7 Å². The van der Waals surface area contributed by atoms with Crippen LogP contribution >= 0.6 is 11.8 Å². The third-order valence-corrected chi connectivity index (χ3v) is 12.6. The summed E-state index contributed by atoms with van der Waals surface area (Å²) in [5, 5.41) is 20.9. The minimum Gasteiger partial charge on any atom is -0.492 e. The van der Waals surface area contributed by atoms with Crippen molar-refractivity contribution in [3.05, 3.63) is 77.9 Å². The van der Waals surface area contributed by atoms with Gasteiger partial charge in [0.25, 0.3) is 0 Å². The maximum Gasteiger partial charge on any atom is 0.246 e. The zero-order valence-corrected chi connectivity index (χ0v) is 41.7. The number of amides is 8. The summed E-state index contributed by atoms with van der Waals surface area (Å²) >= 11 is 1.48. The van der Waals surface area contributed by atoms with Gasteiger partial charge in [0.2, 0.25) is 47.3 Å². The number of nitrogens with one attached hydrogen (secondary N) is 7. The molecule has 0 bridgehead atoms. The molecule has 1 saturated heterocycles. The van der Waals surface area contributed by atoms with Crippen LogP contribution in [0.15, 0.2) is 66.7 Å². The van der Waals surface area contributed by atoms with Crippen molar-refractivity contribution in [3.8, 4) is 5.75 Å². The quantitative estimate of drug-likeness (QED) is 0.0338. The molecular formula is C50H69N9O11S. The van der Waals surface area contributed by atoms with Gasteiger partial charge in [0.15, 0.2) is 0 Å². The van der Waals surface area contributed by atoms with Crippen molar-refractivity contribution in [2.45, 2.75) is 108 Å². The predicted octanol–water partition coefficient (Wildman–Crippen LogP) is 0.452. The van der Waals surface area contributed by atoms with Crippen LogP contribution < -0.4 is 53.4 Å². The molecule has 21 heteroatoms. The minimum atomic E-state index is -1.69. The average Bonchev–Trinajstić information content (AvgIpc) is 3.34. The van der Waals surface area contributed by atoms with E-state index < -0.39 is 83.5 Å². The number of thioether (sulfide) groups is 1. The molecule has 3 aromatic rings. The summed E-state index contributed by atoms with van der Waals surface area (Å²) < 4.78 is 11.3. The van der Waals surface area contributed by atoms with Crippen molar-refractivity contribution < 1.29 is 52.6 Å². The minimum absolute atomic E-state index is 0.000101. The number of hydrogen-bond acceptors (Lipinski definition) is 13. The molecular weight excluding hydrogens is 935 g/mol. The van der Waals surface area contributed by atoms with Crippen molar-refractivity contribution in [1.82, 2.24) is 37.2 Å². The number of unbranched alkanes of at least 4 members (excludes halogenated alkanes) is 1. The predicted molar refractivity (Wildman–Crippen MR) is 269 cm³/mol. The molecule has 6 atom stereocenters. The fourth-order valence-corrected chi connectivity index (χ4v) is 8.51. The van der Waals surface area contributed by atoms with Gasteiger partial charge in [-0.1, -0.05) is 61.5 Å². The molecule has 1 fully saturated rings. The van der Waals surface area contributed by atoms with Crippen molar-refractivity contribution >= 4 is 76.1 Å². The van der Waals surface area contributed by atoms with E-state index in [1.807, 2.05) is 48.7 Å². The lowest BCUT2D eigenvalue weighted by molar-refractivity contribution is -0.141. The van der Waals surface area contributed by atoms with Crippen LogP contribution in [-0.2, 0) is 60.7 Å². The van der Waals surface area contributed by atoms with Crippen LogP contribution in [0.2, 0.25) is 0 Å². The zero-order valence-electron chi connectivity index (χ0n) is 40.8. The Morgan fingerprint density at radius 2 is 1.35 bits per heavy atom. The molecule has 1 heterocycles. The Hall–Kier alpha value is -6.58. The maximum atomic E-state index is 14.9. The maximum absolute atomic E-state index is 14.9. The third kappa shape index (κ3) is 18.6. The topological polar surface area (TPSA) is 308 Å². The Morgan fingerprint density at radius 1 is 0.746 bits per heavy atom. The Balaban J connectivity index is 1.69. The van der Waals surface area contributed by atoms with Crippen LogP contribution in [0.3, 0.4) is 0 Å². The number of ether oxygens (including phenoxy) is 2. The number of primary amides is 1. The van der Waals surface area contributed by atoms with E-state index >= 15 is 0 Å². The first-order valence-corrected chi connectivity index (χ1v) is 25.2. The Labute approximate surface area is 418 Å². The number of rotatable bonds is 29. The lowest BCUT2D eigenvalue weighted by atomic mass is 9.87. The normalized spacial score (nSPS) is 15.5. The van der Waals surface area contributed by atoms with Crippen molar-refractivity contribution in [2.75, 3.05) is 44.9 Å². The molecule has 0 spiro atoms. The number of aldehydes is 1. The van der Waals surface area contributed by atoms with Gasteiger partial charge in [-0.05, 0) is 66.5 Å². The molecule has 0 radical (unpaired) electrons. The van der Waals surface area contributed by atoms with E-state index in [4.69, 9.17) is 20.9 Å². The van der Waals surface area contributed by atoms with Gasteiger partial charge >= 0.3 is 0 Å². The second kappa shape index (κ2) is 28.9. The SMILES string of the molecule is CSC[C@@H](C)C(=O)N[C@@H](Cc1ccc(OCCN)cc1)C(=O)N[C@@H](Cc1ccc2ccccc2c1)C(=O)NC1(C(=O)N[C@@H](CCCCNC(C)=O)C(=O)N[C@@H](CC(N)=O)C(=O)N[C@@H](C)C=O)CCOCC1. The van der Waals surface area contributed by atoms with Gasteiger partial charge in [-0.25, -0.2) is 0 Å². The first-order valence-electron chi connectivity index (χ1n) is 23.8. The molecule has 386 valence electrons. The van der Waals surface area contributed by atoms with Crippen LogP contribution in [0.1, 0.15) is 70.4 Å². The van der Waals surface area contributed by atoms with Gasteiger partial charge in [-0.15, -0.1) is 0 Å². The lowest BCUT2D eigenvalue weighted by Gasteiger charge is -2.38. The summed E-state index contributed by atoms with van der Waals surface area (Å²) in [5.74, 6) is -4.78. The smallest absolute Gasteiger partial charge is 0.246 e. The molecule has 4 rings (SSSR count). The van der Waals surface area contributed by atoms with E-state index in [2.05, 4.69) is 37.2 Å². The monoisotopic (exact) mass is 1000 g/mol. The largest absolute Gasteiger partial charge is 0.492 e. The van der Waals surface area contributed by atoms with Crippen LogP contribution in [0, 0.1) is 5.92 Å². The van der Waals surface area contributed by atoms with Crippen molar-refractivity contribution in [2.24, 2.45) is 17.4 Å². The summed E-state index contributed by atoms with van der Waals surface area (Å²) in [6.45, 7) is 5.49. The van der Waals surface area contributed by atoms with Gasteiger partial charge < -0.3 is 63.0 Å². The number of carbonyl (C=O) groups is 9. The Kier molecular flexibility index (Phi) is 23.2. The van der Waals surface area contributed by atoms with E-state index in [0.717, 1.165) is 10.8 Å². The van der Waals surface area contributed by atoms with Gasteiger partial charge in [0.05, 0.1) is 12.5 Å². The summed E-state index contributed by atoms with van der Waals surface area (Å²) in [6, 6.07) is 14.1. The highest BCUT2D eigenvalue weighted by molar-refractivity contribution is 7.98. The van der Waals surface area contributed by atoms with Crippen LogP contribution in [-0.4, -0.2) is 134 Å². The highest BCUT2D eigenvalue weighted by Gasteiger charge is 2.44. The number of benzene rings is 3. The molecule has 20 nitrogen and oxygen atoms in total. The van der Waals surface area contributed by atoms with Gasteiger partial charge in [-0.2, -0.15) is 11.8 Å². The highest BCUT2D eigenvalue weighted by Crippen LogP contribution is 2.24. The first-order chi connectivity index (χ1) is 34.0. The molecule has 0 saturated carbocycles. The van der Waals surface area contributed by atoms with Gasteiger partial charge in [0, 0.05) is 70.6 Å². The lowest BCUT2D eigenvalue weighted by Crippen LogP contribution is -2.67.